The minimum Gasteiger partial charge on any atom is -0.314 e. The maximum Gasteiger partial charge on any atom is 0.0766 e. The molecular formula is C16H30BrN3. The molecule has 116 valence electrons. The number of aromatic nitrogens is 2. The quantitative estimate of drug-likeness (QED) is 0.728. The van der Waals surface area contributed by atoms with Crippen molar-refractivity contribution < 1.29 is 0 Å². The first-order valence-corrected chi connectivity index (χ1v) is 8.80. The predicted octanol–water partition coefficient (Wildman–Crippen LogP) is 4.18. The molecule has 0 amide bonds. The lowest BCUT2D eigenvalue weighted by atomic mass is 9.99. The van der Waals surface area contributed by atoms with Gasteiger partial charge in [-0.1, -0.05) is 27.7 Å². The Hall–Kier alpha value is -0.350. The van der Waals surface area contributed by atoms with Crippen molar-refractivity contribution in [2.24, 2.45) is 5.92 Å². The summed E-state index contributed by atoms with van der Waals surface area (Å²) in [6.07, 6.45) is 4.43. The van der Waals surface area contributed by atoms with Crippen LogP contribution >= 0.6 is 15.9 Å². The Bertz CT molecular complexity index is 399. The molecule has 0 aromatic carbocycles. The molecule has 1 atom stereocenters. The highest BCUT2D eigenvalue weighted by atomic mass is 79.9. The van der Waals surface area contributed by atoms with Gasteiger partial charge in [-0.3, -0.25) is 4.68 Å². The first kappa shape index (κ1) is 17.7. The lowest BCUT2D eigenvalue weighted by molar-refractivity contribution is 0.406. The van der Waals surface area contributed by atoms with Crippen molar-refractivity contribution in [2.75, 3.05) is 6.54 Å². The zero-order valence-electron chi connectivity index (χ0n) is 13.7. The Labute approximate surface area is 132 Å². The average Bonchev–Trinajstić information content (AvgIpc) is 2.72. The molecule has 1 unspecified atom stereocenters. The number of halogens is 1. The number of aryl methyl sites for hydroxylation is 2. The van der Waals surface area contributed by atoms with Crippen LogP contribution in [0, 0.1) is 5.92 Å². The number of hydrogen-bond donors (Lipinski definition) is 1. The molecule has 0 radical (unpaired) electrons. The fraction of sp³-hybridized carbons (Fsp3) is 0.812. The van der Waals surface area contributed by atoms with E-state index in [2.05, 4.69) is 60.5 Å². The zero-order chi connectivity index (χ0) is 15.1. The molecule has 0 fully saturated rings. The van der Waals surface area contributed by atoms with Crippen molar-refractivity contribution in [1.29, 1.82) is 0 Å². The van der Waals surface area contributed by atoms with Crippen molar-refractivity contribution in [2.45, 2.75) is 72.9 Å². The third-order valence-corrected chi connectivity index (χ3v) is 4.49. The first-order valence-electron chi connectivity index (χ1n) is 8.00. The molecule has 4 heteroatoms. The second kappa shape index (κ2) is 8.83. The van der Waals surface area contributed by atoms with Crippen LogP contribution in [0.15, 0.2) is 4.47 Å². The standard InChI is InChI=1S/C16H30BrN3/c1-6-9-18-13(10-12(4)5)11-15-16(17)14(7-2)19-20(15)8-3/h12-13,18H,6-11H2,1-5H3. The maximum atomic E-state index is 4.70. The number of rotatable bonds is 9. The van der Waals surface area contributed by atoms with Gasteiger partial charge in [0.1, 0.15) is 0 Å². The lowest BCUT2D eigenvalue weighted by Crippen LogP contribution is -2.34. The van der Waals surface area contributed by atoms with Gasteiger partial charge in [0.05, 0.1) is 15.9 Å². The Morgan fingerprint density at radius 3 is 2.45 bits per heavy atom. The van der Waals surface area contributed by atoms with Crippen molar-refractivity contribution in [1.82, 2.24) is 15.1 Å². The van der Waals surface area contributed by atoms with Crippen molar-refractivity contribution in [3.63, 3.8) is 0 Å². The molecule has 0 saturated heterocycles. The van der Waals surface area contributed by atoms with Crippen LogP contribution in [-0.2, 0) is 19.4 Å². The number of nitrogens with zero attached hydrogens (tertiary/aromatic N) is 2. The molecule has 0 spiro atoms. The second-order valence-electron chi connectivity index (χ2n) is 5.86. The van der Waals surface area contributed by atoms with E-state index in [0.29, 0.717) is 12.0 Å². The van der Waals surface area contributed by atoms with Crippen molar-refractivity contribution >= 4 is 15.9 Å². The van der Waals surface area contributed by atoms with Crippen LogP contribution in [0.4, 0.5) is 0 Å². The minimum absolute atomic E-state index is 0.540. The summed E-state index contributed by atoms with van der Waals surface area (Å²) < 4.78 is 3.37. The van der Waals surface area contributed by atoms with Crippen LogP contribution < -0.4 is 5.32 Å². The van der Waals surface area contributed by atoms with E-state index in [1.165, 1.54) is 28.7 Å². The Balaban J connectivity index is 2.88. The van der Waals surface area contributed by atoms with Crippen LogP contribution in [0.3, 0.4) is 0 Å². The van der Waals surface area contributed by atoms with Crippen LogP contribution in [0.25, 0.3) is 0 Å². The molecule has 0 bridgehead atoms. The smallest absolute Gasteiger partial charge is 0.0766 e. The van der Waals surface area contributed by atoms with E-state index in [1.807, 2.05) is 0 Å². The summed E-state index contributed by atoms with van der Waals surface area (Å²) in [7, 11) is 0. The molecule has 20 heavy (non-hydrogen) atoms. The van der Waals surface area contributed by atoms with Crippen LogP contribution in [0.1, 0.15) is 58.8 Å². The predicted molar refractivity (Wildman–Crippen MR) is 90.2 cm³/mol. The fourth-order valence-electron chi connectivity index (χ4n) is 2.60. The summed E-state index contributed by atoms with van der Waals surface area (Å²) in [6.45, 7) is 13.2. The molecule has 1 aromatic rings. The van der Waals surface area contributed by atoms with Gasteiger partial charge in [-0.15, -0.1) is 0 Å². The largest absolute Gasteiger partial charge is 0.314 e. The van der Waals surface area contributed by atoms with Crippen molar-refractivity contribution in [3.05, 3.63) is 15.9 Å². The van der Waals surface area contributed by atoms with Crippen molar-refractivity contribution in [3.8, 4) is 0 Å². The molecule has 0 aliphatic carbocycles. The zero-order valence-corrected chi connectivity index (χ0v) is 15.3. The maximum absolute atomic E-state index is 4.70. The summed E-state index contributed by atoms with van der Waals surface area (Å²) in [4.78, 5) is 0. The Morgan fingerprint density at radius 2 is 1.95 bits per heavy atom. The lowest BCUT2D eigenvalue weighted by Gasteiger charge is -2.21. The first-order chi connectivity index (χ1) is 9.53. The van der Waals surface area contributed by atoms with E-state index in [9.17, 15) is 0 Å². The van der Waals surface area contributed by atoms with Gasteiger partial charge in [-0.25, -0.2) is 0 Å². The van der Waals surface area contributed by atoms with Gasteiger partial charge < -0.3 is 5.32 Å². The highest BCUT2D eigenvalue weighted by Crippen LogP contribution is 2.24. The molecule has 1 rings (SSSR count). The molecule has 3 nitrogen and oxygen atoms in total. The monoisotopic (exact) mass is 343 g/mol. The summed E-state index contributed by atoms with van der Waals surface area (Å²) in [6, 6.07) is 0.540. The van der Waals surface area contributed by atoms with E-state index in [0.717, 1.165) is 25.9 Å². The SMILES string of the molecule is CCCNC(Cc1c(Br)c(CC)nn1CC)CC(C)C. The average molecular weight is 344 g/mol. The van der Waals surface area contributed by atoms with Gasteiger partial charge in [-0.2, -0.15) is 5.10 Å². The molecular weight excluding hydrogens is 314 g/mol. The van der Waals surface area contributed by atoms with Gasteiger partial charge in [0.2, 0.25) is 0 Å². The third-order valence-electron chi connectivity index (χ3n) is 3.57. The topological polar surface area (TPSA) is 29.9 Å². The third kappa shape index (κ3) is 4.88. The summed E-state index contributed by atoms with van der Waals surface area (Å²) in [5.41, 5.74) is 2.53. The van der Waals surface area contributed by atoms with E-state index in [4.69, 9.17) is 5.10 Å². The van der Waals surface area contributed by atoms with Gasteiger partial charge >= 0.3 is 0 Å². The summed E-state index contributed by atoms with van der Waals surface area (Å²) in [5, 5.41) is 8.39. The Kier molecular flexibility index (Phi) is 7.82. The fourth-order valence-corrected chi connectivity index (χ4v) is 3.33. The molecule has 1 N–H and O–H groups in total. The summed E-state index contributed by atoms with van der Waals surface area (Å²) >= 11 is 3.75. The number of hydrogen-bond acceptors (Lipinski definition) is 2. The summed E-state index contributed by atoms with van der Waals surface area (Å²) in [5.74, 6) is 0.715. The molecule has 0 saturated carbocycles. The van der Waals surface area contributed by atoms with E-state index >= 15 is 0 Å². The molecule has 0 aliphatic heterocycles. The van der Waals surface area contributed by atoms with Gasteiger partial charge in [0.15, 0.2) is 0 Å². The van der Waals surface area contributed by atoms with Gasteiger partial charge in [0.25, 0.3) is 0 Å². The second-order valence-corrected chi connectivity index (χ2v) is 6.65. The highest BCUT2D eigenvalue weighted by Gasteiger charge is 2.19. The molecule has 1 aromatic heterocycles. The number of nitrogens with one attached hydrogen (secondary N) is 1. The normalized spacial score (nSPS) is 13.2. The van der Waals surface area contributed by atoms with Crippen LogP contribution in [0.2, 0.25) is 0 Å². The van der Waals surface area contributed by atoms with Crippen LogP contribution in [0.5, 0.6) is 0 Å². The highest BCUT2D eigenvalue weighted by molar-refractivity contribution is 9.10. The minimum atomic E-state index is 0.540. The van der Waals surface area contributed by atoms with E-state index in [-0.39, 0.29) is 0 Å². The Morgan fingerprint density at radius 1 is 1.25 bits per heavy atom. The van der Waals surface area contributed by atoms with E-state index in [1.54, 1.807) is 0 Å². The van der Waals surface area contributed by atoms with Crippen LogP contribution in [-0.4, -0.2) is 22.4 Å². The molecule has 0 aliphatic rings. The van der Waals surface area contributed by atoms with Gasteiger partial charge in [0, 0.05) is 19.0 Å². The van der Waals surface area contributed by atoms with Gasteiger partial charge in [-0.05, 0) is 54.6 Å². The molecule has 1 heterocycles. The van der Waals surface area contributed by atoms with E-state index < -0.39 is 0 Å².